The van der Waals surface area contributed by atoms with Crippen LogP contribution >= 0.6 is 0 Å². The molecule has 0 fully saturated rings. The smallest absolute Gasteiger partial charge is 0.216 e. The van der Waals surface area contributed by atoms with E-state index in [4.69, 9.17) is 5.73 Å². The van der Waals surface area contributed by atoms with Gasteiger partial charge in [0.1, 0.15) is 5.82 Å². The van der Waals surface area contributed by atoms with Crippen molar-refractivity contribution in [2.45, 2.75) is 32.1 Å². The van der Waals surface area contributed by atoms with E-state index in [0.717, 1.165) is 29.4 Å². The quantitative estimate of drug-likeness (QED) is 0.732. The molecule has 20 heavy (non-hydrogen) atoms. The number of nitrogen functional groups attached to an aromatic ring is 1. The van der Waals surface area contributed by atoms with Crippen molar-refractivity contribution in [2.24, 2.45) is 5.92 Å². The lowest BCUT2D eigenvalue weighted by atomic mass is 9.71. The van der Waals surface area contributed by atoms with Crippen molar-refractivity contribution in [3.63, 3.8) is 0 Å². The number of aromatic nitrogens is 1. The lowest BCUT2D eigenvalue weighted by Crippen LogP contribution is -2.29. The van der Waals surface area contributed by atoms with Crippen LogP contribution in [0.2, 0.25) is 0 Å². The molecule has 0 spiro atoms. The summed E-state index contributed by atoms with van der Waals surface area (Å²) in [6.07, 6.45) is 5.66. The Morgan fingerprint density at radius 2 is 2.15 bits per heavy atom. The van der Waals surface area contributed by atoms with Crippen molar-refractivity contribution in [1.29, 1.82) is 0 Å². The molecular formula is C17H18FN2+. The summed E-state index contributed by atoms with van der Waals surface area (Å²) in [5.74, 6) is 0.891. The van der Waals surface area contributed by atoms with Crippen molar-refractivity contribution >= 4 is 16.6 Å². The van der Waals surface area contributed by atoms with E-state index in [1.807, 2.05) is 0 Å². The zero-order chi connectivity index (χ0) is 13.9. The number of aromatic amines is 1. The van der Waals surface area contributed by atoms with Gasteiger partial charge in [-0.3, -0.25) is 0 Å². The average molecular weight is 269 g/mol. The van der Waals surface area contributed by atoms with Crippen molar-refractivity contribution in [3.05, 3.63) is 46.9 Å². The van der Waals surface area contributed by atoms with Gasteiger partial charge < -0.3 is 5.73 Å². The fraction of sp³-hybridized carbons (Fsp3) is 0.353. The summed E-state index contributed by atoms with van der Waals surface area (Å²) in [4.78, 5) is 3.42. The Balaban J connectivity index is 1.97. The van der Waals surface area contributed by atoms with Gasteiger partial charge in [-0.05, 0) is 43.7 Å². The minimum Gasteiger partial charge on any atom is -0.398 e. The second-order valence-corrected chi connectivity index (χ2v) is 6.23. The Labute approximate surface area is 117 Å². The van der Waals surface area contributed by atoms with Crippen LogP contribution in [0.25, 0.3) is 10.9 Å². The van der Waals surface area contributed by atoms with Crippen LogP contribution in [-0.4, -0.2) is 0 Å². The van der Waals surface area contributed by atoms with Gasteiger partial charge in [-0.25, -0.2) is 9.37 Å². The van der Waals surface area contributed by atoms with Crippen LogP contribution in [-0.2, 0) is 6.42 Å². The van der Waals surface area contributed by atoms with Gasteiger partial charge in [-0.1, -0.05) is 11.6 Å². The third kappa shape index (κ3) is 1.65. The van der Waals surface area contributed by atoms with Gasteiger partial charge in [0, 0.05) is 18.1 Å². The molecule has 2 atom stereocenters. The predicted octanol–water partition coefficient (Wildman–Crippen LogP) is 3.37. The third-order valence-electron chi connectivity index (χ3n) is 4.72. The molecule has 0 saturated heterocycles. The van der Waals surface area contributed by atoms with Crippen LogP contribution in [0.4, 0.5) is 10.1 Å². The Kier molecular flexibility index (Phi) is 2.40. The molecule has 1 aromatic carbocycles. The zero-order valence-electron chi connectivity index (χ0n) is 11.5. The normalized spacial score (nSPS) is 24.4. The van der Waals surface area contributed by atoms with Crippen molar-refractivity contribution in [1.82, 2.24) is 0 Å². The van der Waals surface area contributed by atoms with Crippen LogP contribution in [0.15, 0.2) is 29.8 Å². The number of hydrogen-bond donors (Lipinski definition) is 1. The summed E-state index contributed by atoms with van der Waals surface area (Å²) < 4.78 is 13.4. The monoisotopic (exact) mass is 269 g/mol. The molecule has 102 valence electrons. The van der Waals surface area contributed by atoms with Crippen LogP contribution in [0.5, 0.6) is 0 Å². The molecule has 2 aromatic rings. The molecule has 1 aromatic heterocycles. The highest BCUT2D eigenvalue weighted by atomic mass is 19.1. The highest BCUT2D eigenvalue weighted by molar-refractivity contribution is 5.90. The second kappa shape index (κ2) is 4.05. The number of fused-ring (bicyclic) bond motifs is 5. The molecule has 2 unspecified atom stereocenters. The number of allylic oxidation sites excluding steroid dienone is 2. The highest BCUT2D eigenvalue weighted by Gasteiger charge is 2.35. The Hall–Kier alpha value is -1.90. The van der Waals surface area contributed by atoms with Gasteiger partial charge in [-0.2, -0.15) is 0 Å². The van der Waals surface area contributed by atoms with Crippen molar-refractivity contribution < 1.29 is 9.37 Å². The lowest BCUT2D eigenvalue weighted by Gasteiger charge is -2.33. The summed E-state index contributed by atoms with van der Waals surface area (Å²) in [5.41, 5.74) is 12.0. The summed E-state index contributed by atoms with van der Waals surface area (Å²) in [6, 6.07) is 4.81. The largest absolute Gasteiger partial charge is 0.398 e. The third-order valence-corrected chi connectivity index (χ3v) is 4.72. The number of nitrogens with two attached hydrogens (primary N) is 1. The first-order valence-electron chi connectivity index (χ1n) is 7.22. The molecule has 0 aliphatic heterocycles. The number of hydrogen-bond acceptors (Lipinski definition) is 1. The first kappa shape index (κ1) is 11.9. The number of H-pyrrole nitrogens is 1. The SMILES string of the molecule is CC1=CC2Cc3[nH+]c4cc(F)ccc4c(N)c3C(C1)C2. The molecule has 3 heteroatoms. The van der Waals surface area contributed by atoms with E-state index in [1.54, 1.807) is 6.07 Å². The van der Waals surface area contributed by atoms with E-state index >= 15 is 0 Å². The van der Waals surface area contributed by atoms with E-state index in [0.29, 0.717) is 11.8 Å². The maximum Gasteiger partial charge on any atom is 0.216 e. The molecule has 0 saturated carbocycles. The molecule has 2 nitrogen and oxygen atoms in total. The van der Waals surface area contributed by atoms with E-state index in [2.05, 4.69) is 18.0 Å². The number of pyridine rings is 1. The summed E-state index contributed by atoms with van der Waals surface area (Å²) in [7, 11) is 0. The first-order chi connectivity index (χ1) is 9.61. The summed E-state index contributed by atoms with van der Waals surface area (Å²) in [5, 5.41) is 0.941. The molecule has 3 N–H and O–H groups in total. The van der Waals surface area contributed by atoms with E-state index in [9.17, 15) is 4.39 Å². The van der Waals surface area contributed by atoms with Gasteiger partial charge in [0.15, 0.2) is 5.69 Å². The van der Waals surface area contributed by atoms with Gasteiger partial charge in [0.2, 0.25) is 5.52 Å². The summed E-state index contributed by atoms with van der Waals surface area (Å²) >= 11 is 0. The number of nitrogens with one attached hydrogen (secondary N) is 1. The maximum atomic E-state index is 13.4. The maximum absolute atomic E-state index is 13.4. The fourth-order valence-electron chi connectivity index (χ4n) is 4.02. The first-order valence-corrected chi connectivity index (χ1v) is 7.22. The Bertz CT molecular complexity index is 748. The number of benzene rings is 1. The molecule has 2 aliphatic rings. The summed E-state index contributed by atoms with van der Waals surface area (Å²) in [6.45, 7) is 2.21. The number of anilines is 1. The Morgan fingerprint density at radius 3 is 3.00 bits per heavy atom. The molecule has 2 aliphatic carbocycles. The second-order valence-electron chi connectivity index (χ2n) is 6.23. The van der Waals surface area contributed by atoms with Gasteiger partial charge in [0.25, 0.3) is 0 Å². The predicted molar refractivity (Wildman–Crippen MR) is 77.8 cm³/mol. The topological polar surface area (TPSA) is 40.2 Å². The minimum atomic E-state index is -0.222. The van der Waals surface area contributed by atoms with E-state index in [1.165, 1.54) is 35.4 Å². The van der Waals surface area contributed by atoms with Crippen LogP contribution < -0.4 is 10.7 Å². The van der Waals surface area contributed by atoms with Gasteiger partial charge in [-0.15, -0.1) is 0 Å². The molecule has 0 amide bonds. The molecule has 2 bridgehead atoms. The van der Waals surface area contributed by atoms with E-state index < -0.39 is 0 Å². The van der Waals surface area contributed by atoms with Gasteiger partial charge >= 0.3 is 0 Å². The van der Waals surface area contributed by atoms with Crippen molar-refractivity contribution in [3.8, 4) is 0 Å². The van der Waals surface area contributed by atoms with Crippen LogP contribution in [0.1, 0.15) is 36.9 Å². The molecular weight excluding hydrogens is 251 g/mol. The fourth-order valence-corrected chi connectivity index (χ4v) is 4.02. The molecule has 0 radical (unpaired) electrons. The molecule has 1 heterocycles. The minimum absolute atomic E-state index is 0.222. The van der Waals surface area contributed by atoms with Crippen LogP contribution in [0.3, 0.4) is 0 Å². The Morgan fingerprint density at radius 1 is 1.30 bits per heavy atom. The standard InChI is InChI=1S/C17H17FN2/c1-9-4-10-6-11(5-9)16-15(7-10)20-14-8-12(18)2-3-13(14)17(16)19/h2-4,8,10-11H,5-7H2,1H3,(H2,19,20)/p+1. The van der Waals surface area contributed by atoms with E-state index in [-0.39, 0.29) is 5.82 Å². The zero-order valence-corrected chi connectivity index (χ0v) is 11.5. The molecule has 4 rings (SSSR count). The van der Waals surface area contributed by atoms with Crippen LogP contribution in [0, 0.1) is 11.7 Å². The van der Waals surface area contributed by atoms with Crippen molar-refractivity contribution in [2.75, 3.05) is 5.73 Å². The lowest BCUT2D eigenvalue weighted by molar-refractivity contribution is -0.360. The number of rotatable bonds is 0. The average Bonchev–Trinajstić information content (AvgIpc) is 2.36. The number of halogens is 1. The highest BCUT2D eigenvalue weighted by Crippen LogP contribution is 2.45. The van der Waals surface area contributed by atoms with Gasteiger partial charge in [0.05, 0.1) is 11.1 Å².